The molecule has 0 atom stereocenters. The zero-order valence-electron chi connectivity index (χ0n) is 10.9. The predicted octanol–water partition coefficient (Wildman–Crippen LogP) is 2.76. The van der Waals surface area contributed by atoms with Crippen LogP contribution < -0.4 is 10.6 Å². The molecule has 0 saturated carbocycles. The van der Waals surface area contributed by atoms with Crippen LogP contribution in [-0.4, -0.2) is 18.9 Å². The molecule has 0 aliphatic heterocycles. The fraction of sp³-hybridized carbons (Fsp3) is 0.0667. The first kappa shape index (κ1) is 14.0. The third-order valence-electron chi connectivity index (χ3n) is 2.60. The highest BCUT2D eigenvalue weighted by atomic mass is 32.1. The van der Waals surface area contributed by atoms with Crippen molar-refractivity contribution in [3.05, 3.63) is 59.0 Å². The summed E-state index contributed by atoms with van der Waals surface area (Å²) in [5, 5.41) is 7.56. The van der Waals surface area contributed by atoms with Crippen LogP contribution in [0.3, 0.4) is 0 Å². The van der Waals surface area contributed by atoms with Gasteiger partial charge < -0.3 is 10.6 Å². The summed E-state index contributed by atoms with van der Waals surface area (Å²) in [4.78, 5) is 23.4. The number of benzene rings is 1. The summed E-state index contributed by atoms with van der Waals surface area (Å²) in [6, 6.07) is 11.2. The van der Waals surface area contributed by atoms with Crippen LogP contribution in [0, 0.1) is 0 Å². The monoisotopic (exact) mass is 286 g/mol. The topological polar surface area (TPSA) is 58.2 Å². The van der Waals surface area contributed by atoms with Gasteiger partial charge in [0.15, 0.2) is 0 Å². The zero-order chi connectivity index (χ0) is 14.4. The Hall–Kier alpha value is -2.40. The lowest BCUT2D eigenvalue weighted by Gasteiger charge is -2.02. The van der Waals surface area contributed by atoms with Crippen LogP contribution in [0.2, 0.25) is 0 Å². The van der Waals surface area contributed by atoms with Gasteiger partial charge in [0.05, 0.1) is 5.56 Å². The van der Waals surface area contributed by atoms with E-state index in [2.05, 4.69) is 10.6 Å². The van der Waals surface area contributed by atoms with Crippen LogP contribution in [-0.2, 0) is 4.79 Å². The molecule has 1 aromatic carbocycles. The molecule has 0 aliphatic carbocycles. The Labute approximate surface area is 121 Å². The summed E-state index contributed by atoms with van der Waals surface area (Å²) in [6.45, 7) is 0. The average molecular weight is 286 g/mol. The maximum Gasteiger partial charge on any atom is 0.254 e. The van der Waals surface area contributed by atoms with Crippen molar-refractivity contribution in [2.75, 3.05) is 12.4 Å². The van der Waals surface area contributed by atoms with Crippen molar-refractivity contribution in [2.24, 2.45) is 0 Å². The number of hydrogen-bond donors (Lipinski definition) is 2. The Kier molecular flexibility index (Phi) is 4.68. The van der Waals surface area contributed by atoms with Crippen molar-refractivity contribution in [1.29, 1.82) is 0 Å². The molecular weight excluding hydrogens is 272 g/mol. The maximum absolute atomic E-state index is 11.8. The third kappa shape index (κ3) is 3.55. The van der Waals surface area contributed by atoms with Gasteiger partial charge in [-0.1, -0.05) is 30.3 Å². The summed E-state index contributed by atoms with van der Waals surface area (Å²) < 4.78 is 0. The predicted molar refractivity (Wildman–Crippen MR) is 81.8 cm³/mol. The van der Waals surface area contributed by atoms with Gasteiger partial charge in [-0.2, -0.15) is 0 Å². The van der Waals surface area contributed by atoms with Crippen molar-refractivity contribution >= 4 is 34.2 Å². The summed E-state index contributed by atoms with van der Waals surface area (Å²) in [5.41, 5.74) is 1.42. The summed E-state index contributed by atoms with van der Waals surface area (Å²) >= 11 is 1.32. The minimum absolute atomic E-state index is 0.214. The molecule has 2 rings (SSSR count). The van der Waals surface area contributed by atoms with Crippen LogP contribution in [0.1, 0.15) is 15.9 Å². The molecule has 5 heteroatoms. The molecule has 2 aromatic rings. The number of amides is 2. The average Bonchev–Trinajstić information content (AvgIpc) is 2.93. The molecule has 1 heterocycles. The van der Waals surface area contributed by atoms with Gasteiger partial charge in [-0.15, -0.1) is 11.3 Å². The van der Waals surface area contributed by atoms with E-state index in [0.717, 1.165) is 5.56 Å². The maximum atomic E-state index is 11.8. The first-order valence-electron chi connectivity index (χ1n) is 6.04. The van der Waals surface area contributed by atoms with Gasteiger partial charge in [0.2, 0.25) is 5.91 Å². The molecule has 0 fully saturated rings. The molecule has 0 saturated heterocycles. The van der Waals surface area contributed by atoms with Crippen molar-refractivity contribution < 1.29 is 9.59 Å². The van der Waals surface area contributed by atoms with Crippen LogP contribution in [0.5, 0.6) is 0 Å². The molecule has 1 aromatic heterocycles. The van der Waals surface area contributed by atoms with E-state index in [9.17, 15) is 9.59 Å². The first-order chi connectivity index (χ1) is 9.70. The second kappa shape index (κ2) is 6.68. The van der Waals surface area contributed by atoms with Crippen molar-refractivity contribution in [1.82, 2.24) is 5.32 Å². The molecule has 0 spiro atoms. The number of thiophene rings is 1. The molecule has 4 nitrogen and oxygen atoms in total. The van der Waals surface area contributed by atoms with Gasteiger partial charge in [0, 0.05) is 13.1 Å². The molecular formula is C15H14N2O2S. The molecule has 20 heavy (non-hydrogen) atoms. The van der Waals surface area contributed by atoms with Gasteiger partial charge in [-0.05, 0) is 23.1 Å². The van der Waals surface area contributed by atoms with Gasteiger partial charge in [0.1, 0.15) is 5.00 Å². The van der Waals surface area contributed by atoms with Gasteiger partial charge >= 0.3 is 0 Å². The van der Waals surface area contributed by atoms with E-state index in [1.807, 2.05) is 30.3 Å². The fourth-order valence-electron chi connectivity index (χ4n) is 1.61. The normalized spacial score (nSPS) is 10.4. The van der Waals surface area contributed by atoms with Crippen molar-refractivity contribution in [3.8, 4) is 0 Å². The van der Waals surface area contributed by atoms with Gasteiger partial charge in [-0.3, -0.25) is 9.59 Å². The molecule has 0 radical (unpaired) electrons. The Morgan fingerprint density at radius 3 is 2.60 bits per heavy atom. The quantitative estimate of drug-likeness (QED) is 0.849. The van der Waals surface area contributed by atoms with Crippen LogP contribution >= 0.6 is 11.3 Å². The van der Waals surface area contributed by atoms with Crippen molar-refractivity contribution in [3.63, 3.8) is 0 Å². The highest BCUT2D eigenvalue weighted by Crippen LogP contribution is 2.23. The van der Waals surface area contributed by atoms with Crippen molar-refractivity contribution in [2.45, 2.75) is 0 Å². The summed E-state index contributed by atoms with van der Waals surface area (Å²) in [6.07, 6.45) is 3.17. The van der Waals surface area contributed by atoms with E-state index in [4.69, 9.17) is 0 Å². The zero-order valence-corrected chi connectivity index (χ0v) is 11.7. The Morgan fingerprint density at radius 1 is 1.15 bits per heavy atom. The first-order valence-corrected chi connectivity index (χ1v) is 6.92. The lowest BCUT2D eigenvalue weighted by Crippen LogP contribution is -2.19. The summed E-state index contributed by atoms with van der Waals surface area (Å²) in [7, 11) is 1.56. The highest BCUT2D eigenvalue weighted by Gasteiger charge is 2.12. The standard InChI is InChI=1S/C15H14N2O2S/c1-16-14(19)12-9-10-20-15(12)17-13(18)8-7-11-5-3-2-4-6-11/h2-10H,1H3,(H,16,19)(H,17,18). The Balaban J connectivity index is 2.04. The van der Waals surface area contributed by atoms with E-state index >= 15 is 0 Å². The molecule has 102 valence electrons. The fourth-order valence-corrected chi connectivity index (χ4v) is 2.40. The Bertz CT molecular complexity index is 632. The smallest absolute Gasteiger partial charge is 0.254 e. The van der Waals surface area contributed by atoms with E-state index in [-0.39, 0.29) is 11.8 Å². The van der Waals surface area contributed by atoms with E-state index < -0.39 is 0 Å². The molecule has 2 amide bonds. The molecule has 0 bridgehead atoms. The van der Waals surface area contributed by atoms with Crippen LogP contribution in [0.25, 0.3) is 6.08 Å². The lowest BCUT2D eigenvalue weighted by atomic mass is 10.2. The SMILES string of the molecule is CNC(=O)c1ccsc1NC(=O)C=Cc1ccccc1. The van der Waals surface area contributed by atoms with E-state index in [1.165, 1.54) is 17.4 Å². The number of carbonyl (C=O) groups excluding carboxylic acids is 2. The number of nitrogens with one attached hydrogen (secondary N) is 2. The molecule has 0 aliphatic rings. The Morgan fingerprint density at radius 2 is 1.90 bits per heavy atom. The highest BCUT2D eigenvalue weighted by molar-refractivity contribution is 7.14. The van der Waals surface area contributed by atoms with Crippen LogP contribution in [0.15, 0.2) is 47.9 Å². The second-order valence-electron chi connectivity index (χ2n) is 3.98. The van der Waals surface area contributed by atoms with E-state index in [0.29, 0.717) is 10.6 Å². The third-order valence-corrected chi connectivity index (χ3v) is 3.43. The summed E-state index contributed by atoms with van der Waals surface area (Å²) in [5.74, 6) is -0.477. The van der Waals surface area contributed by atoms with Gasteiger partial charge in [-0.25, -0.2) is 0 Å². The van der Waals surface area contributed by atoms with Gasteiger partial charge in [0.25, 0.3) is 5.91 Å². The number of rotatable bonds is 4. The number of carbonyl (C=O) groups is 2. The number of hydrogen-bond acceptors (Lipinski definition) is 3. The van der Waals surface area contributed by atoms with E-state index in [1.54, 1.807) is 24.6 Å². The largest absolute Gasteiger partial charge is 0.355 e. The number of anilines is 1. The minimum atomic E-state index is -0.263. The second-order valence-corrected chi connectivity index (χ2v) is 4.89. The molecule has 2 N–H and O–H groups in total. The lowest BCUT2D eigenvalue weighted by molar-refractivity contribution is -0.111. The minimum Gasteiger partial charge on any atom is -0.355 e. The molecule has 0 unspecified atom stereocenters. The van der Waals surface area contributed by atoms with Crippen LogP contribution in [0.4, 0.5) is 5.00 Å².